The molecule has 1 saturated heterocycles. The van der Waals surface area contributed by atoms with Crippen LogP contribution in [-0.4, -0.2) is 105 Å². The van der Waals surface area contributed by atoms with Crippen molar-refractivity contribution in [1.29, 1.82) is 0 Å². The zero-order valence-corrected chi connectivity index (χ0v) is 17.2. The molecule has 0 spiro atoms. The predicted octanol–water partition coefficient (Wildman–Crippen LogP) is -6.72. The summed E-state index contributed by atoms with van der Waals surface area (Å²) in [5, 5.41) is 29.3. The van der Waals surface area contributed by atoms with Crippen LogP contribution in [0.5, 0.6) is 0 Å². The Morgan fingerprint density at radius 3 is 2.12 bits per heavy atom. The van der Waals surface area contributed by atoms with Gasteiger partial charge in [0.15, 0.2) is 6.29 Å². The van der Waals surface area contributed by atoms with E-state index in [1.807, 2.05) is 0 Å². The summed E-state index contributed by atoms with van der Waals surface area (Å²) in [5.41, 5.74) is 5.24. The summed E-state index contributed by atoms with van der Waals surface area (Å²) in [6.07, 6.45) is -7.65. The van der Waals surface area contributed by atoms with Crippen LogP contribution in [0.3, 0.4) is 0 Å². The maximum Gasteiger partial charge on any atom is 1.00 e. The third-order valence-electron chi connectivity index (χ3n) is 3.19. The number of rotatable bonds is 12. The molecule has 12 nitrogen and oxygen atoms in total. The van der Waals surface area contributed by atoms with Crippen LogP contribution < -0.4 is 35.3 Å². The summed E-state index contributed by atoms with van der Waals surface area (Å²) in [4.78, 5) is 0. The van der Waals surface area contributed by atoms with Crippen molar-refractivity contribution in [2.75, 3.05) is 46.2 Å². The Morgan fingerprint density at radius 1 is 0.962 bits per heavy atom. The second-order valence-corrected chi connectivity index (χ2v) is 6.14. The number of hydrogen-bond donors (Lipinski definition) is 4. The van der Waals surface area contributed by atoms with Crippen molar-refractivity contribution in [2.45, 2.75) is 30.7 Å². The second-order valence-electron chi connectivity index (χ2n) is 5.09. The van der Waals surface area contributed by atoms with Gasteiger partial charge in [-0.05, 0) is 0 Å². The van der Waals surface area contributed by atoms with Crippen molar-refractivity contribution in [3.8, 4) is 0 Å². The van der Waals surface area contributed by atoms with Crippen molar-refractivity contribution in [3.63, 3.8) is 0 Å². The summed E-state index contributed by atoms with van der Waals surface area (Å²) < 4.78 is 56.0. The molecule has 0 aromatic rings. The van der Waals surface area contributed by atoms with Gasteiger partial charge in [-0.2, -0.15) is 0 Å². The summed E-state index contributed by atoms with van der Waals surface area (Å²) in [5.74, 6) is 0. The maximum atomic E-state index is 10.5. The van der Waals surface area contributed by atoms with Crippen LogP contribution in [0, 0.1) is 0 Å². The van der Waals surface area contributed by atoms with Gasteiger partial charge in [0.25, 0.3) is 0 Å². The fourth-order valence-corrected chi connectivity index (χ4v) is 2.27. The molecule has 1 unspecified atom stereocenters. The van der Waals surface area contributed by atoms with E-state index in [1.54, 1.807) is 0 Å². The summed E-state index contributed by atoms with van der Waals surface area (Å²) in [7, 11) is -5.00. The van der Waals surface area contributed by atoms with Crippen LogP contribution in [0.4, 0.5) is 0 Å². The molecule has 5 N–H and O–H groups in total. The Bertz CT molecular complexity index is 468. The molecule has 150 valence electrons. The first-order chi connectivity index (χ1) is 11.8. The van der Waals surface area contributed by atoms with Gasteiger partial charge < -0.3 is 44.6 Å². The fourth-order valence-electron chi connectivity index (χ4n) is 1.97. The minimum absolute atomic E-state index is 0. The molecular weight excluding hydrogens is 389 g/mol. The molecule has 0 amide bonds. The first-order valence-electron chi connectivity index (χ1n) is 7.53. The third kappa shape index (κ3) is 10.2. The predicted molar refractivity (Wildman–Crippen MR) is 79.0 cm³/mol. The van der Waals surface area contributed by atoms with Gasteiger partial charge in [0.1, 0.15) is 24.4 Å². The fraction of sp³-hybridized carbons (Fsp3) is 1.00. The standard InChI is InChI=1S/C12H25NO11S.Na/c13-1-2-20-3-4-21-5-6-22-12-11(16)10(15)9(14)8(24-12)7-23-25(17,18)19;/h8-12,14-16H,1-7,13H2,(H,17,18,19);/q;+1/p-1/t8-,9+,10+,11-,12?;/m1./s1. The first-order valence-corrected chi connectivity index (χ1v) is 8.86. The average molecular weight is 413 g/mol. The van der Waals surface area contributed by atoms with Crippen LogP contribution in [0.15, 0.2) is 0 Å². The van der Waals surface area contributed by atoms with Gasteiger partial charge in [-0.25, -0.2) is 8.42 Å². The topological polar surface area (TPSA) is 190 Å². The number of aliphatic hydroxyl groups is 3. The SMILES string of the molecule is NCCOCCOCCOC1O[C@H](COS(=O)(=O)[O-])[C@H](O)[C@H](O)[C@H]1O.[Na+]. The molecular formula is C12H24NNaO11S. The van der Waals surface area contributed by atoms with Crippen molar-refractivity contribution < 1.29 is 81.0 Å². The van der Waals surface area contributed by atoms with Gasteiger partial charge in [-0.15, -0.1) is 0 Å². The Labute approximate surface area is 173 Å². The van der Waals surface area contributed by atoms with Gasteiger partial charge in [-0.1, -0.05) is 0 Å². The largest absolute Gasteiger partial charge is 1.00 e. The number of hydrogen-bond acceptors (Lipinski definition) is 12. The first kappa shape index (κ1) is 26.6. The van der Waals surface area contributed by atoms with Crippen molar-refractivity contribution >= 4 is 10.4 Å². The molecule has 0 aromatic heterocycles. The Kier molecular flexibility index (Phi) is 14.0. The summed E-state index contributed by atoms with van der Waals surface area (Å²) in [6, 6.07) is 0. The Balaban J connectivity index is 0.00000625. The van der Waals surface area contributed by atoms with Crippen molar-refractivity contribution in [3.05, 3.63) is 0 Å². The minimum atomic E-state index is -5.00. The van der Waals surface area contributed by atoms with Crippen LogP contribution in [0.1, 0.15) is 0 Å². The monoisotopic (exact) mass is 413 g/mol. The van der Waals surface area contributed by atoms with Gasteiger partial charge >= 0.3 is 29.6 Å². The molecule has 0 saturated carbocycles. The molecule has 14 heteroatoms. The van der Waals surface area contributed by atoms with Crippen molar-refractivity contribution in [2.24, 2.45) is 5.73 Å². The van der Waals surface area contributed by atoms with E-state index < -0.39 is 47.7 Å². The average Bonchev–Trinajstić information content (AvgIpc) is 2.55. The van der Waals surface area contributed by atoms with E-state index in [0.29, 0.717) is 26.4 Å². The summed E-state index contributed by atoms with van der Waals surface area (Å²) in [6.45, 7) is 0.773. The molecule has 1 aliphatic heterocycles. The van der Waals surface area contributed by atoms with E-state index in [9.17, 15) is 28.3 Å². The molecule has 26 heavy (non-hydrogen) atoms. The van der Waals surface area contributed by atoms with Crippen LogP contribution in [0.25, 0.3) is 0 Å². The molecule has 1 fully saturated rings. The van der Waals surface area contributed by atoms with Gasteiger partial charge in [0, 0.05) is 6.54 Å². The number of ether oxygens (including phenoxy) is 4. The minimum Gasteiger partial charge on any atom is -0.726 e. The molecule has 5 atom stereocenters. The van der Waals surface area contributed by atoms with Crippen LogP contribution in [-0.2, 0) is 33.5 Å². The summed E-state index contributed by atoms with van der Waals surface area (Å²) >= 11 is 0. The molecule has 1 rings (SSSR count). The maximum absolute atomic E-state index is 10.5. The van der Waals surface area contributed by atoms with Gasteiger partial charge in [0.2, 0.25) is 10.4 Å². The Morgan fingerprint density at radius 2 is 1.54 bits per heavy atom. The van der Waals surface area contributed by atoms with E-state index in [2.05, 4.69) is 4.18 Å². The number of nitrogens with two attached hydrogens (primary N) is 1. The third-order valence-corrected chi connectivity index (χ3v) is 3.61. The smallest absolute Gasteiger partial charge is 0.726 e. The van der Waals surface area contributed by atoms with Crippen LogP contribution in [0.2, 0.25) is 0 Å². The zero-order chi connectivity index (χ0) is 18.9. The molecule has 1 aliphatic rings. The van der Waals surface area contributed by atoms with Crippen LogP contribution >= 0.6 is 0 Å². The Hall–Kier alpha value is 0.550. The van der Waals surface area contributed by atoms with E-state index in [0.717, 1.165) is 0 Å². The molecule has 0 bridgehead atoms. The molecule has 0 radical (unpaired) electrons. The normalized spacial score (nSPS) is 29.3. The molecule has 0 aromatic carbocycles. The van der Waals surface area contributed by atoms with Gasteiger partial charge in [-0.3, -0.25) is 4.18 Å². The van der Waals surface area contributed by atoms with E-state index in [-0.39, 0.29) is 42.8 Å². The number of aliphatic hydroxyl groups excluding tert-OH is 3. The van der Waals surface area contributed by atoms with E-state index in [4.69, 9.17) is 24.7 Å². The van der Waals surface area contributed by atoms with E-state index >= 15 is 0 Å². The van der Waals surface area contributed by atoms with Crippen molar-refractivity contribution in [1.82, 2.24) is 0 Å². The second kappa shape index (κ2) is 13.7. The quantitative estimate of drug-likeness (QED) is 0.103. The van der Waals surface area contributed by atoms with E-state index in [1.165, 1.54) is 0 Å². The molecule has 1 heterocycles. The zero-order valence-electron chi connectivity index (χ0n) is 14.4. The van der Waals surface area contributed by atoms with Gasteiger partial charge in [0.05, 0.1) is 39.6 Å². The molecule has 0 aliphatic carbocycles.